The molecular weight excluding hydrogens is 326 g/mol. The number of nitro groups is 1. The first kappa shape index (κ1) is 16.1. The van der Waals surface area contributed by atoms with Crippen molar-refractivity contribution in [1.82, 2.24) is 9.55 Å². The SMILES string of the molecule is C=CCSc1nc2cc([N+](=O)[O-])ccc2n1-c1ccccc1OC. The molecule has 3 aromatic rings. The van der Waals surface area contributed by atoms with E-state index >= 15 is 0 Å². The molecule has 0 saturated carbocycles. The molecule has 0 fully saturated rings. The van der Waals surface area contributed by atoms with E-state index in [1.165, 1.54) is 23.9 Å². The van der Waals surface area contributed by atoms with Gasteiger partial charge in [0.15, 0.2) is 5.16 Å². The Kier molecular flexibility index (Phi) is 4.52. The highest BCUT2D eigenvalue weighted by Crippen LogP contribution is 2.33. The fourth-order valence-electron chi connectivity index (χ4n) is 2.44. The second-order valence-electron chi connectivity index (χ2n) is 4.93. The minimum Gasteiger partial charge on any atom is -0.495 e. The molecule has 0 radical (unpaired) electrons. The third kappa shape index (κ3) is 2.85. The number of methoxy groups -OCH3 is 1. The maximum absolute atomic E-state index is 11.0. The van der Waals surface area contributed by atoms with Crippen LogP contribution in [0.2, 0.25) is 0 Å². The van der Waals surface area contributed by atoms with Crippen molar-refractivity contribution in [1.29, 1.82) is 0 Å². The molecular formula is C17H15N3O3S. The fourth-order valence-corrected chi connectivity index (χ4v) is 3.19. The number of non-ortho nitro benzene ring substituents is 1. The zero-order valence-corrected chi connectivity index (χ0v) is 13.8. The Morgan fingerprint density at radius 2 is 2.17 bits per heavy atom. The number of aromatic nitrogens is 2. The van der Waals surface area contributed by atoms with Crippen LogP contribution >= 0.6 is 11.8 Å². The Hall–Kier alpha value is -2.80. The molecule has 0 amide bonds. The van der Waals surface area contributed by atoms with E-state index in [0.717, 1.165) is 16.4 Å². The molecule has 0 aliphatic heterocycles. The van der Waals surface area contributed by atoms with E-state index in [4.69, 9.17) is 4.74 Å². The zero-order valence-electron chi connectivity index (χ0n) is 13.0. The van der Waals surface area contributed by atoms with Gasteiger partial charge in [0, 0.05) is 17.9 Å². The number of imidazole rings is 1. The van der Waals surface area contributed by atoms with E-state index in [1.54, 1.807) is 19.3 Å². The van der Waals surface area contributed by atoms with Crippen LogP contribution in [0.3, 0.4) is 0 Å². The summed E-state index contributed by atoms with van der Waals surface area (Å²) in [6.07, 6.45) is 1.79. The lowest BCUT2D eigenvalue weighted by Crippen LogP contribution is -2.00. The minimum atomic E-state index is -0.419. The van der Waals surface area contributed by atoms with E-state index in [-0.39, 0.29) is 5.69 Å². The molecule has 0 bridgehead atoms. The summed E-state index contributed by atoms with van der Waals surface area (Å²) in [4.78, 5) is 15.2. The summed E-state index contributed by atoms with van der Waals surface area (Å²) in [7, 11) is 1.61. The van der Waals surface area contributed by atoms with Gasteiger partial charge in [-0.1, -0.05) is 30.0 Å². The lowest BCUT2D eigenvalue weighted by atomic mass is 10.2. The van der Waals surface area contributed by atoms with Crippen LogP contribution < -0.4 is 4.74 Å². The Labute approximate surface area is 142 Å². The van der Waals surface area contributed by atoms with Gasteiger partial charge in [-0.2, -0.15) is 0 Å². The van der Waals surface area contributed by atoms with Crippen LogP contribution in [0, 0.1) is 10.1 Å². The van der Waals surface area contributed by atoms with Crippen molar-refractivity contribution in [2.75, 3.05) is 12.9 Å². The topological polar surface area (TPSA) is 70.2 Å². The van der Waals surface area contributed by atoms with Gasteiger partial charge in [0.25, 0.3) is 5.69 Å². The highest BCUT2D eigenvalue weighted by molar-refractivity contribution is 7.99. The van der Waals surface area contributed by atoms with Crippen LogP contribution in [-0.4, -0.2) is 27.3 Å². The van der Waals surface area contributed by atoms with Gasteiger partial charge in [-0.25, -0.2) is 4.98 Å². The van der Waals surface area contributed by atoms with Gasteiger partial charge < -0.3 is 4.74 Å². The molecule has 2 aromatic carbocycles. The molecule has 1 heterocycles. The number of thioether (sulfide) groups is 1. The van der Waals surface area contributed by atoms with Crippen LogP contribution in [0.5, 0.6) is 5.75 Å². The Balaban J connectivity index is 2.26. The number of nitro benzene ring substituents is 1. The lowest BCUT2D eigenvalue weighted by molar-refractivity contribution is -0.384. The van der Waals surface area contributed by atoms with Gasteiger partial charge in [-0.05, 0) is 18.2 Å². The molecule has 6 nitrogen and oxygen atoms in total. The van der Waals surface area contributed by atoms with Crippen molar-refractivity contribution in [3.05, 3.63) is 65.2 Å². The molecule has 3 rings (SSSR count). The minimum absolute atomic E-state index is 0.0208. The molecule has 122 valence electrons. The summed E-state index contributed by atoms with van der Waals surface area (Å²) < 4.78 is 7.40. The van der Waals surface area contributed by atoms with E-state index in [0.29, 0.717) is 17.0 Å². The maximum Gasteiger partial charge on any atom is 0.271 e. The number of rotatable bonds is 6. The summed E-state index contributed by atoms with van der Waals surface area (Å²) in [5, 5.41) is 11.7. The number of ether oxygens (including phenoxy) is 1. The highest BCUT2D eigenvalue weighted by atomic mass is 32.2. The van der Waals surface area contributed by atoms with Gasteiger partial charge in [0.1, 0.15) is 5.75 Å². The summed E-state index contributed by atoms with van der Waals surface area (Å²) in [5.41, 5.74) is 2.22. The summed E-state index contributed by atoms with van der Waals surface area (Å²) in [6, 6.07) is 12.3. The van der Waals surface area contributed by atoms with Crippen LogP contribution in [0.15, 0.2) is 60.3 Å². The highest BCUT2D eigenvalue weighted by Gasteiger charge is 2.18. The van der Waals surface area contributed by atoms with Gasteiger partial charge in [0.2, 0.25) is 0 Å². The van der Waals surface area contributed by atoms with Gasteiger partial charge in [-0.15, -0.1) is 6.58 Å². The molecule has 1 aromatic heterocycles. The van der Waals surface area contributed by atoms with E-state index < -0.39 is 4.92 Å². The molecule has 0 spiro atoms. The van der Waals surface area contributed by atoms with Crippen molar-refractivity contribution in [2.24, 2.45) is 0 Å². The van der Waals surface area contributed by atoms with Crippen LogP contribution in [0.4, 0.5) is 5.69 Å². The standard InChI is InChI=1S/C17H15N3O3S/c1-3-10-24-17-18-13-11-12(20(21)22)8-9-14(13)19(17)15-6-4-5-7-16(15)23-2/h3-9,11H,1,10H2,2H3. The van der Waals surface area contributed by atoms with E-state index in [9.17, 15) is 10.1 Å². The van der Waals surface area contributed by atoms with Crippen LogP contribution in [-0.2, 0) is 0 Å². The second kappa shape index (κ2) is 6.76. The smallest absolute Gasteiger partial charge is 0.271 e. The quantitative estimate of drug-likeness (QED) is 0.290. The summed E-state index contributed by atoms with van der Waals surface area (Å²) in [6.45, 7) is 3.73. The van der Waals surface area contributed by atoms with Crippen molar-refractivity contribution in [3.63, 3.8) is 0 Å². The fraction of sp³-hybridized carbons (Fsp3) is 0.118. The van der Waals surface area contributed by atoms with Gasteiger partial charge in [0.05, 0.1) is 28.8 Å². The Morgan fingerprint density at radius 3 is 2.88 bits per heavy atom. The number of hydrogen-bond donors (Lipinski definition) is 0. The lowest BCUT2D eigenvalue weighted by Gasteiger charge is -2.12. The molecule has 24 heavy (non-hydrogen) atoms. The summed E-state index contributed by atoms with van der Waals surface area (Å²) in [5.74, 6) is 1.39. The average Bonchev–Trinajstić information content (AvgIpc) is 2.96. The predicted molar refractivity (Wildman–Crippen MR) is 95.2 cm³/mol. The molecule has 0 atom stereocenters. The third-order valence-corrected chi connectivity index (χ3v) is 4.41. The third-order valence-electron chi connectivity index (χ3n) is 3.47. The van der Waals surface area contributed by atoms with Gasteiger partial charge >= 0.3 is 0 Å². The molecule has 7 heteroatoms. The van der Waals surface area contributed by atoms with E-state index in [1.807, 2.05) is 28.8 Å². The van der Waals surface area contributed by atoms with Crippen molar-refractivity contribution >= 4 is 28.5 Å². The number of nitrogens with zero attached hydrogens (tertiary/aromatic N) is 3. The first-order valence-corrected chi connectivity index (χ1v) is 8.18. The average molecular weight is 341 g/mol. The first-order chi connectivity index (χ1) is 11.7. The second-order valence-corrected chi connectivity index (χ2v) is 5.92. The van der Waals surface area contributed by atoms with Crippen molar-refractivity contribution in [3.8, 4) is 11.4 Å². The van der Waals surface area contributed by atoms with Crippen molar-refractivity contribution < 1.29 is 9.66 Å². The molecule has 0 N–H and O–H groups in total. The van der Waals surface area contributed by atoms with Gasteiger partial charge in [-0.3, -0.25) is 14.7 Å². The monoisotopic (exact) mass is 341 g/mol. The molecule has 0 unspecified atom stereocenters. The van der Waals surface area contributed by atoms with Crippen LogP contribution in [0.1, 0.15) is 0 Å². The molecule has 0 aliphatic carbocycles. The molecule has 0 aliphatic rings. The Bertz CT molecular complexity index is 921. The first-order valence-electron chi connectivity index (χ1n) is 7.19. The number of para-hydroxylation sites is 2. The normalized spacial score (nSPS) is 10.7. The molecule has 0 saturated heterocycles. The summed E-state index contributed by atoms with van der Waals surface area (Å²) >= 11 is 1.51. The van der Waals surface area contributed by atoms with E-state index in [2.05, 4.69) is 11.6 Å². The number of fused-ring (bicyclic) bond motifs is 1. The van der Waals surface area contributed by atoms with Crippen LogP contribution in [0.25, 0.3) is 16.7 Å². The zero-order chi connectivity index (χ0) is 17.1. The number of hydrogen-bond acceptors (Lipinski definition) is 5. The Morgan fingerprint density at radius 1 is 1.38 bits per heavy atom. The number of benzene rings is 2. The maximum atomic E-state index is 11.0. The predicted octanol–water partition coefficient (Wildman–Crippen LogP) is 4.22. The van der Waals surface area contributed by atoms with Crippen molar-refractivity contribution in [2.45, 2.75) is 5.16 Å². The largest absolute Gasteiger partial charge is 0.495 e.